The fraction of sp³-hybridized carbons (Fsp3) is 0.941. The number of ether oxygens (including phenoxy) is 9. The minimum atomic E-state index is -1.96. The Hall–Kier alpha value is -1.98. The number of carbonyl (C=O) groups is 2. The molecule has 5 rings (SSSR count). The average molecular weight is 895 g/mol. The molecule has 0 saturated carbocycles. The van der Waals surface area contributed by atoms with Gasteiger partial charge in [-0.15, -0.1) is 0 Å². The SMILES string of the molecule is CC(=O)N[C@H]1C(OC[C@H]2OC(O)[C@H](NC(C)=O)[C@@H](OC3O[C@H](CO)[C@H](O)[C@H](O)[C@H]3O)[C@H]2O)O[C@H](CO)[C@@H](O[C@@H]2O[C@H](CO)[C@H](O)[C@H](O)[C@H]2O[C@@H]2O[C@@H](C)[C@@H](O)[C@@H](O)[C@@H]2O)[C@@H]1O. The number of amides is 2. The van der Waals surface area contributed by atoms with Crippen LogP contribution < -0.4 is 10.6 Å². The van der Waals surface area contributed by atoms with Crippen LogP contribution in [0.4, 0.5) is 0 Å². The van der Waals surface area contributed by atoms with Gasteiger partial charge < -0.3 is 125 Å². The van der Waals surface area contributed by atoms with Crippen LogP contribution in [-0.4, -0.2) is 263 Å². The van der Waals surface area contributed by atoms with Crippen molar-refractivity contribution in [1.29, 1.82) is 0 Å². The first-order valence-electron chi connectivity index (χ1n) is 19.4. The Morgan fingerprint density at radius 3 is 1.51 bits per heavy atom. The van der Waals surface area contributed by atoms with Crippen molar-refractivity contribution in [3.05, 3.63) is 0 Å². The summed E-state index contributed by atoms with van der Waals surface area (Å²) in [5, 5.41) is 152. The highest BCUT2D eigenvalue weighted by Crippen LogP contribution is 2.34. The van der Waals surface area contributed by atoms with E-state index in [0.29, 0.717) is 0 Å². The van der Waals surface area contributed by atoms with E-state index < -0.39 is 192 Å². The van der Waals surface area contributed by atoms with Crippen LogP contribution in [0.1, 0.15) is 20.8 Å². The second kappa shape index (κ2) is 21.3. The molecule has 16 N–H and O–H groups in total. The highest BCUT2D eigenvalue weighted by molar-refractivity contribution is 5.73. The number of hydrogen-bond acceptors (Lipinski definition) is 25. The summed E-state index contributed by atoms with van der Waals surface area (Å²) in [4.78, 5) is 24.4. The quantitative estimate of drug-likeness (QED) is 0.0770. The molecule has 0 aliphatic carbocycles. The molecule has 5 heterocycles. The van der Waals surface area contributed by atoms with Gasteiger partial charge in [0.1, 0.15) is 116 Å². The molecule has 5 aliphatic heterocycles. The molecule has 0 aromatic heterocycles. The summed E-state index contributed by atoms with van der Waals surface area (Å²) in [5.74, 6) is -1.49. The molecule has 3 unspecified atom stereocenters. The first kappa shape index (κ1) is 50.0. The summed E-state index contributed by atoms with van der Waals surface area (Å²) in [6.07, 6.45) is -40.1. The van der Waals surface area contributed by atoms with E-state index in [0.717, 1.165) is 13.8 Å². The van der Waals surface area contributed by atoms with Crippen molar-refractivity contribution >= 4 is 11.8 Å². The number of nitrogens with one attached hydrogen (secondary N) is 2. The van der Waals surface area contributed by atoms with E-state index in [9.17, 15) is 81.1 Å². The molecule has 0 radical (unpaired) electrons. The highest BCUT2D eigenvalue weighted by Gasteiger charge is 2.56. The second-order valence-electron chi connectivity index (χ2n) is 15.4. The van der Waals surface area contributed by atoms with Crippen molar-refractivity contribution < 1.29 is 124 Å². The summed E-state index contributed by atoms with van der Waals surface area (Å²) in [6.45, 7) is 0.0649. The third kappa shape index (κ3) is 10.9. The zero-order valence-electron chi connectivity index (χ0n) is 33.0. The molecule has 0 aromatic carbocycles. The molecule has 61 heavy (non-hydrogen) atoms. The monoisotopic (exact) mass is 894 g/mol. The van der Waals surface area contributed by atoms with Crippen molar-refractivity contribution in [3.8, 4) is 0 Å². The molecular weight excluding hydrogens is 836 g/mol. The van der Waals surface area contributed by atoms with E-state index in [1.54, 1.807) is 0 Å². The summed E-state index contributed by atoms with van der Waals surface area (Å²) in [6, 6.07) is -3.15. The van der Waals surface area contributed by atoms with Gasteiger partial charge in [0.2, 0.25) is 11.8 Å². The lowest BCUT2D eigenvalue weighted by molar-refractivity contribution is -0.383. The zero-order chi connectivity index (χ0) is 45.2. The number of hydrogen-bond donors (Lipinski definition) is 16. The van der Waals surface area contributed by atoms with Crippen molar-refractivity contribution in [1.82, 2.24) is 10.6 Å². The van der Waals surface area contributed by atoms with E-state index in [2.05, 4.69) is 10.6 Å². The molecule has 0 bridgehead atoms. The summed E-state index contributed by atoms with van der Waals surface area (Å²) in [5.41, 5.74) is 0. The van der Waals surface area contributed by atoms with Crippen molar-refractivity contribution in [2.75, 3.05) is 26.4 Å². The molecule has 0 aromatic rings. The zero-order valence-corrected chi connectivity index (χ0v) is 33.0. The van der Waals surface area contributed by atoms with Crippen LogP contribution in [0, 0.1) is 0 Å². The van der Waals surface area contributed by atoms with Crippen LogP contribution in [-0.2, 0) is 52.2 Å². The average Bonchev–Trinajstić information content (AvgIpc) is 3.21. The lowest BCUT2D eigenvalue weighted by atomic mass is 9.94. The molecule has 27 heteroatoms. The first-order valence-corrected chi connectivity index (χ1v) is 19.4. The maximum atomic E-state index is 12.4. The Kier molecular flexibility index (Phi) is 17.5. The predicted octanol–water partition coefficient (Wildman–Crippen LogP) is -10.6. The Bertz CT molecular complexity index is 1420. The van der Waals surface area contributed by atoms with Gasteiger partial charge in [-0.1, -0.05) is 0 Å². The molecule has 0 spiro atoms. The van der Waals surface area contributed by atoms with Gasteiger partial charge in [0.25, 0.3) is 0 Å². The molecule has 5 saturated heterocycles. The largest absolute Gasteiger partial charge is 0.394 e. The van der Waals surface area contributed by atoms with E-state index in [-0.39, 0.29) is 0 Å². The Balaban J connectivity index is 1.34. The Morgan fingerprint density at radius 1 is 0.459 bits per heavy atom. The molecule has 25 atom stereocenters. The minimum Gasteiger partial charge on any atom is -0.394 e. The van der Waals surface area contributed by atoms with Gasteiger partial charge in [0.15, 0.2) is 31.5 Å². The summed E-state index contributed by atoms with van der Waals surface area (Å²) >= 11 is 0. The lowest BCUT2D eigenvalue weighted by Gasteiger charge is -2.49. The van der Waals surface area contributed by atoms with E-state index >= 15 is 0 Å². The lowest BCUT2D eigenvalue weighted by Crippen LogP contribution is -2.69. The molecule has 354 valence electrons. The molecule has 5 fully saturated rings. The fourth-order valence-corrected chi connectivity index (χ4v) is 7.66. The smallest absolute Gasteiger partial charge is 0.217 e. The van der Waals surface area contributed by atoms with Gasteiger partial charge in [-0.3, -0.25) is 9.59 Å². The van der Waals surface area contributed by atoms with Crippen LogP contribution in [0.5, 0.6) is 0 Å². The Morgan fingerprint density at radius 2 is 0.934 bits per heavy atom. The van der Waals surface area contributed by atoms with Crippen LogP contribution >= 0.6 is 0 Å². The van der Waals surface area contributed by atoms with E-state index in [4.69, 9.17) is 42.6 Å². The maximum absolute atomic E-state index is 12.4. The van der Waals surface area contributed by atoms with Crippen LogP contribution in [0.2, 0.25) is 0 Å². The topological polar surface area (TPSA) is 424 Å². The van der Waals surface area contributed by atoms with Crippen molar-refractivity contribution in [2.45, 2.75) is 174 Å². The van der Waals surface area contributed by atoms with Gasteiger partial charge in [0, 0.05) is 13.8 Å². The first-order chi connectivity index (χ1) is 28.7. The van der Waals surface area contributed by atoms with Gasteiger partial charge in [0.05, 0.1) is 32.5 Å². The number of aliphatic hydroxyl groups excluding tert-OH is 14. The van der Waals surface area contributed by atoms with Crippen LogP contribution in [0.3, 0.4) is 0 Å². The van der Waals surface area contributed by atoms with E-state index in [1.807, 2.05) is 0 Å². The summed E-state index contributed by atoms with van der Waals surface area (Å²) in [7, 11) is 0. The minimum absolute atomic E-state index is 0.728. The molecule has 27 nitrogen and oxygen atoms in total. The maximum Gasteiger partial charge on any atom is 0.217 e. The third-order valence-electron chi connectivity index (χ3n) is 11.1. The van der Waals surface area contributed by atoms with E-state index in [1.165, 1.54) is 6.92 Å². The number of aliphatic hydroxyl groups is 14. The highest BCUT2D eigenvalue weighted by atomic mass is 16.8. The second-order valence-corrected chi connectivity index (χ2v) is 15.4. The Labute approximate surface area is 346 Å². The molecule has 2 amide bonds. The van der Waals surface area contributed by atoms with Crippen molar-refractivity contribution in [3.63, 3.8) is 0 Å². The number of carbonyl (C=O) groups excluding carboxylic acids is 2. The molecular formula is C34H58N2O25. The number of rotatable bonds is 14. The predicted molar refractivity (Wildman–Crippen MR) is 188 cm³/mol. The van der Waals surface area contributed by atoms with Crippen molar-refractivity contribution in [2.24, 2.45) is 0 Å². The third-order valence-corrected chi connectivity index (χ3v) is 11.1. The van der Waals surface area contributed by atoms with Crippen LogP contribution in [0.15, 0.2) is 0 Å². The van der Waals surface area contributed by atoms with Gasteiger partial charge in [-0.2, -0.15) is 0 Å². The molecule has 5 aliphatic rings. The van der Waals surface area contributed by atoms with Gasteiger partial charge in [-0.05, 0) is 6.92 Å². The van der Waals surface area contributed by atoms with Gasteiger partial charge >= 0.3 is 0 Å². The van der Waals surface area contributed by atoms with Crippen LogP contribution in [0.25, 0.3) is 0 Å². The normalized spacial score (nSPS) is 49.6. The fourth-order valence-electron chi connectivity index (χ4n) is 7.66. The standard InChI is InChI=1S/C34H58N2O25/c1-8-17(42)22(47)25(50)32(54-8)61-29-24(49)19(44)12(5-38)57-34(29)59-27-13(6-39)58-31(15(21(27)46)35-9(2)40)53-7-14-20(45)28(16(30(52)55-14)36-10(3)41)60-33-26(51)23(48)18(43)11(4-37)56-33/h8,11-34,37-39,42-52H,4-7H2,1-3H3,(H,35,40)(H,36,41)/t8-,11+,12+,13+,14+,15+,16+,17+,18-,19-,20-,21+,22+,23-,24-,25-,26+,27+,28+,29+,30?,31?,32-,33?,34-/m0/s1. The van der Waals surface area contributed by atoms with Gasteiger partial charge in [-0.25, -0.2) is 0 Å². The summed E-state index contributed by atoms with van der Waals surface area (Å²) < 4.78 is 51.1.